The van der Waals surface area contributed by atoms with Gasteiger partial charge in [-0.25, -0.2) is 0 Å². The second-order valence-corrected chi connectivity index (χ2v) is 6.07. The molecule has 118 valence electrons. The number of nitrogens with one attached hydrogen (secondary N) is 1. The number of aromatic nitrogens is 3. The fourth-order valence-electron chi connectivity index (χ4n) is 3.40. The number of rotatable bonds is 3. The van der Waals surface area contributed by atoms with Crippen molar-refractivity contribution >= 4 is 11.0 Å². The molecule has 5 rings (SSSR count). The van der Waals surface area contributed by atoms with Crippen molar-refractivity contribution < 1.29 is 4.42 Å². The second-order valence-electron chi connectivity index (χ2n) is 6.07. The third kappa shape index (κ3) is 2.13. The summed E-state index contributed by atoms with van der Waals surface area (Å²) in [6, 6.07) is 12.4. The van der Waals surface area contributed by atoms with Crippen LogP contribution in [0.1, 0.15) is 16.8 Å². The first-order chi connectivity index (χ1) is 11.9. The Kier molecular flexibility index (Phi) is 2.99. The number of fused-ring (bicyclic) bond motifs is 2. The number of hydrogen-bond acceptors (Lipinski definition) is 4. The van der Waals surface area contributed by atoms with Gasteiger partial charge in [0.25, 0.3) is 0 Å². The fourth-order valence-corrected chi connectivity index (χ4v) is 3.40. The lowest BCUT2D eigenvalue weighted by atomic mass is 10.0. The minimum absolute atomic E-state index is 0.722. The minimum atomic E-state index is 0.722. The van der Waals surface area contributed by atoms with E-state index < -0.39 is 0 Å². The standard InChI is InChI=1S/C19H16N4O/c1-2-13(9-20-6-1)12-23-19(16-10-21-11-17(16)22-23)15-3-4-18-14(8-15)5-7-24-18/h1-9,21H,10-12H2. The van der Waals surface area contributed by atoms with Crippen LogP contribution in [0.5, 0.6) is 0 Å². The summed E-state index contributed by atoms with van der Waals surface area (Å²) in [6.45, 7) is 2.41. The van der Waals surface area contributed by atoms with Crippen molar-refractivity contribution in [2.24, 2.45) is 0 Å². The highest BCUT2D eigenvalue weighted by molar-refractivity contribution is 5.83. The molecule has 4 heterocycles. The van der Waals surface area contributed by atoms with Crippen molar-refractivity contribution in [3.8, 4) is 11.3 Å². The summed E-state index contributed by atoms with van der Waals surface area (Å²) in [5, 5.41) is 9.34. The summed E-state index contributed by atoms with van der Waals surface area (Å²) in [7, 11) is 0. The van der Waals surface area contributed by atoms with Crippen molar-refractivity contribution in [2.45, 2.75) is 19.6 Å². The van der Waals surface area contributed by atoms with Crippen LogP contribution in [0.2, 0.25) is 0 Å². The molecule has 0 aliphatic carbocycles. The average molecular weight is 316 g/mol. The maximum Gasteiger partial charge on any atom is 0.133 e. The maximum atomic E-state index is 5.47. The molecule has 0 bridgehead atoms. The summed E-state index contributed by atoms with van der Waals surface area (Å²) in [5.74, 6) is 0. The highest BCUT2D eigenvalue weighted by Gasteiger charge is 2.23. The molecule has 0 atom stereocenters. The van der Waals surface area contributed by atoms with Crippen LogP contribution in [0.25, 0.3) is 22.2 Å². The van der Waals surface area contributed by atoms with Crippen LogP contribution in [0.15, 0.2) is 59.5 Å². The second kappa shape index (κ2) is 5.32. The Labute approximate surface area is 138 Å². The lowest BCUT2D eigenvalue weighted by molar-refractivity contribution is 0.616. The van der Waals surface area contributed by atoms with Crippen molar-refractivity contribution in [3.05, 3.63) is 71.9 Å². The van der Waals surface area contributed by atoms with Gasteiger partial charge in [-0.2, -0.15) is 5.10 Å². The Balaban J connectivity index is 1.65. The Morgan fingerprint density at radius 1 is 1.17 bits per heavy atom. The molecule has 0 unspecified atom stereocenters. The normalized spacial score (nSPS) is 13.5. The molecule has 24 heavy (non-hydrogen) atoms. The first-order valence-electron chi connectivity index (χ1n) is 8.04. The van der Waals surface area contributed by atoms with E-state index in [0.29, 0.717) is 0 Å². The van der Waals surface area contributed by atoms with Crippen LogP contribution < -0.4 is 5.32 Å². The average Bonchev–Trinajstić information content (AvgIpc) is 3.30. The molecule has 0 fully saturated rings. The SMILES string of the molecule is c1cncc(Cn2nc3c(c2-c2ccc4occc4c2)CNC3)c1. The molecule has 1 aliphatic rings. The number of furan rings is 1. The van der Waals surface area contributed by atoms with Crippen LogP contribution in [-0.2, 0) is 19.6 Å². The van der Waals surface area contributed by atoms with E-state index in [1.54, 1.807) is 12.5 Å². The third-order valence-electron chi connectivity index (χ3n) is 4.51. The van der Waals surface area contributed by atoms with Crippen LogP contribution in [-0.4, -0.2) is 14.8 Å². The van der Waals surface area contributed by atoms with E-state index in [4.69, 9.17) is 9.52 Å². The Bertz CT molecular complexity index is 1020. The van der Waals surface area contributed by atoms with Crippen molar-refractivity contribution in [3.63, 3.8) is 0 Å². The van der Waals surface area contributed by atoms with Gasteiger partial charge in [0.15, 0.2) is 0 Å². The van der Waals surface area contributed by atoms with Gasteiger partial charge in [-0.15, -0.1) is 0 Å². The highest BCUT2D eigenvalue weighted by atomic mass is 16.3. The van der Waals surface area contributed by atoms with Crippen LogP contribution in [0.4, 0.5) is 0 Å². The first kappa shape index (κ1) is 13.5. The Morgan fingerprint density at radius 2 is 2.17 bits per heavy atom. The van der Waals surface area contributed by atoms with E-state index in [1.807, 2.05) is 24.4 Å². The van der Waals surface area contributed by atoms with Crippen LogP contribution in [0, 0.1) is 0 Å². The number of pyridine rings is 1. The fraction of sp³-hybridized carbons (Fsp3) is 0.158. The molecule has 3 aromatic heterocycles. The minimum Gasteiger partial charge on any atom is -0.464 e. The summed E-state index contributed by atoms with van der Waals surface area (Å²) < 4.78 is 7.57. The molecular formula is C19H16N4O. The Hall–Kier alpha value is -2.92. The highest BCUT2D eigenvalue weighted by Crippen LogP contribution is 2.32. The molecular weight excluding hydrogens is 300 g/mol. The van der Waals surface area contributed by atoms with Gasteiger partial charge >= 0.3 is 0 Å². The molecule has 5 nitrogen and oxygen atoms in total. The molecule has 0 amide bonds. The molecule has 5 heteroatoms. The van der Waals surface area contributed by atoms with Crippen LogP contribution in [0.3, 0.4) is 0 Å². The zero-order valence-electron chi connectivity index (χ0n) is 13.1. The van der Waals surface area contributed by atoms with Gasteiger partial charge in [0, 0.05) is 42.0 Å². The zero-order valence-corrected chi connectivity index (χ0v) is 13.1. The van der Waals surface area contributed by atoms with Crippen LogP contribution >= 0.6 is 0 Å². The van der Waals surface area contributed by atoms with Gasteiger partial charge in [-0.3, -0.25) is 9.67 Å². The number of nitrogens with zero attached hydrogens (tertiary/aromatic N) is 3. The summed E-state index contributed by atoms with van der Waals surface area (Å²) in [6.07, 6.45) is 5.42. The zero-order chi connectivity index (χ0) is 15.9. The lowest BCUT2D eigenvalue weighted by Crippen LogP contribution is -2.09. The maximum absolute atomic E-state index is 5.47. The predicted octanol–water partition coefficient (Wildman–Crippen LogP) is 3.34. The molecule has 0 radical (unpaired) electrons. The van der Waals surface area contributed by atoms with Crippen molar-refractivity contribution in [2.75, 3.05) is 0 Å². The number of benzene rings is 1. The molecule has 0 saturated carbocycles. The largest absolute Gasteiger partial charge is 0.464 e. The first-order valence-corrected chi connectivity index (χ1v) is 8.04. The molecule has 1 aliphatic heterocycles. The van der Waals surface area contributed by atoms with Gasteiger partial charge in [0.05, 0.1) is 24.2 Å². The van der Waals surface area contributed by atoms with Gasteiger partial charge in [-0.1, -0.05) is 6.07 Å². The molecule has 0 saturated heterocycles. The van der Waals surface area contributed by atoms with Gasteiger partial charge < -0.3 is 9.73 Å². The van der Waals surface area contributed by atoms with E-state index in [1.165, 1.54) is 16.8 Å². The third-order valence-corrected chi connectivity index (χ3v) is 4.51. The van der Waals surface area contributed by atoms with Gasteiger partial charge in [0.2, 0.25) is 0 Å². The van der Waals surface area contributed by atoms with E-state index in [0.717, 1.165) is 41.9 Å². The van der Waals surface area contributed by atoms with E-state index >= 15 is 0 Å². The van der Waals surface area contributed by atoms with E-state index in [2.05, 4.69) is 33.2 Å². The molecule has 0 spiro atoms. The topological polar surface area (TPSA) is 55.9 Å². The smallest absolute Gasteiger partial charge is 0.133 e. The molecule has 1 aromatic carbocycles. The van der Waals surface area contributed by atoms with Crippen molar-refractivity contribution in [1.29, 1.82) is 0 Å². The predicted molar refractivity (Wildman–Crippen MR) is 91.3 cm³/mol. The van der Waals surface area contributed by atoms with Gasteiger partial charge in [-0.05, 0) is 35.9 Å². The summed E-state index contributed by atoms with van der Waals surface area (Å²) in [4.78, 5) is 4.21. The Morgan fingerprint density at radius 3 is 3.08 bits per heavy atom. The number of hydrogen-bond donors (Lipinski definition) is 1. The summed E-state index contributed by atoms with van der Waals surface area (Å²) >= 11 is 0. The molecule has 4 aromatic rings. The summed E-state index contributed by atoms with van der Waals surface area (Å²) in [5.41, 5.74) is 6.85. The lowest BCUT2D eigenvalue weighted by Gasteiger charge is -2.10. The van der Waals surface area contributed by atoms with E-state index in [-0.39, 0.29) is 0 Å². The monoisotopic (exact) mass is 316 g/mol. The van der Waals surface area contributed by atoms with Crippen molar-refractivity contribution in [1.82, 2.24) is 20.1 Å². The molecule has 1 N–H and O–H groups in total. The quantitative estimate of drug-likeness (QED) is 0.630. The van der Waals surface area contributed by atoms with E-state index in [9.17, 15) is 0 Å². The van der Waals surface area contributed by atoms with Gasteiger partial charge in [0.1, 0.15) is 5.58 Å².